The second kappa shape index (κ2) is 7.24. The number of nitrogens with two attached hydrogens (primary N) is 2. The molecular formula is C16H18BrN2O2+. The van der Waals surface area contributed by atoms with E-state index in [0.717, 1.165) is 15.6 Å². The Morgan fingerprint density at radius 2 is 2.00 bits per heavy atom. The number of nitrogen functional groups attached to an aromatic ring is 1. The van der Waals surface area contributed by atoms with Gasteiger partial charge in [-0.2, -0.15) is 0 Å². The van der Waals surface area contributed by atoms with Crippen LogP contribution < -0.4 is 11.1 Å². The number of carbonyl (C=O) groups is 1. The number of anilines is 1. The molecule has 0 aliphatic rings. The van der Waals surface area contributed by atoms with Crippen molar-refractivity contribution in [2.24, 2.45) is 0 Å². The van der Waals surface area contributed by atoms with Crippen LogP contribution in [0.3, 0.4) is 0 Å². The molecule has 0 aliphatic carbocycles. The van der Waals surface area contributed by atoms with Gasteiger partial charge in [0.05, 0.1) is 7.11 Å². The van der Waals surface area contributed by atoms with Gasteiger partial charge in [0.2, 0.25) is 0 Å². The second-order valence-corrected chi connectivity index (χ2v) is 5.59. The van der Waals surface area contributed by atoms with Crippen LogP contribution in [0.1, 0.15) is 17.2 Å². The van der Waals surface area contributed by atoms with Crippen LogP contribution in [0, 0.1) is 0 Å². The second-order valence-electron chi connectivity index (χ2n) is 4.68. The van der Waals surface area contributed by atoms with Crippen molar-refractivity contribution in [3.63, 3.8) is 0 Å². The first-order valence-corrected chi connectivity index (χ1v) is 7.41. The number of halogens is 1. The summed E-state index contributed by atoms with van der Waals surface area (Å²) in [6.45, 7) is 0.238. The van der Waals surface area contributed by atoms with Gasteiger partial charge < -0.3 is 15.8 Å². The fourth-order valence-electron chi connectivity index (χ4n) is 2.22. The molecule has 0 bridgehead atoms. The first-order chi connectivity index (χ1) is 10.1. The van der Waals surface area contributed by atoms with Gasteiger partial charge >= 0.3 is 5.97 Å². The van der Waals surface area contributed by atoms with E-state index in [1.54, 1.807) is 0 Å². The lowest BCUT2D eigenvalue weighted by molar-refractivity contribution is -0.677. The molecule has 0 saturated heterocycles. The summed E-state index contributed by atoms with van der Waals surface area (Å²) in [5.74, 6) is -0.260. The number of hydrogen-bond donors (Lipinski definition) is 2. The highest BCUT2D eigenvalue weighted by atomic mass is 79.9. The van der Waals surface area contributed by atoms with E-state index >= 15 is 0 Å². The number of quaternary nitrogens is 1. The molecule has 5 heteroatoms. The molecule has 21 heavy (non-hydrogen) atoms. The summed E-state index contributed by atoms with van der Waals surface area (Å²) < 4.78 is 5.67. The SMILES string of the molecule is COC(=O)C[NH2+]C(c1ccccc1)c1cc(Br)ccc1N. The number of esters is 1. The number of rotatable bonds is 5. The third kappa shape index (κ3) is 4.06. The molecule has 110 valence electrons. The van der Waals surface area contributed by atoms with Gasteiger partial charge in [-0.1, -0.05) is 46.3 Å². The van der Waals surface area contributed by atoms with Crippen molar-refractivity contribution in [1.82, 2.24) is 0 Å². The molecular weight excluding hydrogens is 332 g/mol. The summed E-state index contributed by atoms with van der Waals surface area (Å²) in [7, 11) is 1.39. The van der Waals surface area contributed by atoms with Crippen molar-refractivity contribution >= 4 is 27.6 Å². The van der Waals surface area contributed by atoms with Gasteiger partial charge in [0, 0.05) is 21.3 Å². The molecule has 2 rings (SSSR count). The molecule has 4 N–H and O–H groups in total. The highest BCUT2D eigenvalue weighted by Crippen LogP contribution is 2.26. The van der Waals surface area contributed by atoms with Crippen molar-refractivity contribution < 1.29 is 14.8 Å². The molecule has 0 aliphatic heterocycles. The van der Waals surface area contributed by atoms with Gasteiger partial charge in [0.1, 0.15) is 6.04 Å². The summed E-state index contributed by atoms with van der Waals surface area (Å²) in [5.41, 5.74) is 8.87. The van der Waals surface area contributed by atoms with Crippen LogP contribution >= 0.6 is 15.9 Å². The molecule has 1 unspecified atom stereocenters. The van der Waals surface area contributed by atoms with Crippen molar-refractivity contribution in [1.29, 1.82) is 0 Å². The summed E-state index contributed by atoms with van der Waals surface area (Å²) in [4.78, 5) is 11.4. The highest BCUT2D eigenvalue weighted by molar-refractivity contribution is 9.10. The fraction of sp³-hybridized carbons (Fsp3) is 0.188. The smallest absolute Gasteiger partial charge is 0.361 e. The van der Waals surface area contributed by atoms with Crippen molar-refractivity contribution in [3.05, 3.63) is 64.1 Å². The molecule has 0 fully saturated rings. The maximum Gasteiger partial charge on any atom is 0.361 e. The zero-order valence-corrected chi connectivity index (χ0v) is 13.3. The van der Waals surface area contributed by atoms with E-state index in [0.29, 0.717) is 5.69 Å². The minimum Gasteiger partial charge on any atom is -0.465 e. The maximum atomic E-state index is 11.4. The Hall–Kier alpha value is -1.85. The van der Waals surface area contributed by atoms with Gasteiger partial charge in [0.15, 0.2) is 6.54 Å². The molecule has 4 nitrogen and oxygen atoms in total. The largest absolute Gasteiger partial charge is 0.465 e. The zero-order chi connectivity index (χ0) is 15.2. The standard InChI is InChI=1S/C16H17BrN2O2/c1-21-15(20)10-19-16(11-5-3-2-4-6-11)13-9-12(17)7-8-14(13)18/h2-9,16,19H,10,18H2,1H3/p+1. The molecule has 2 aromatic rings. The Balaban J connectivity index is 2.35. The number of ether oxygens (including phenoxy) is 1. The third-order valence-electron chi connectivity index (χ3n) is 3.29. The number of benzene rings is 2. The van der Waals surface area contributed by atoms with E-state index in [-0.39, 0.29) is 18.6 Å². The normalized spacial score (nSPS) is 11.9. The number of methoxy groups -OCH3 is 1. The van der Waals surface area contributed by atoms with Crippen LogP contribution in [-0.4, -0.2) is 19.6 Å². The third-order valence-corrected chi connectivity index (χ3v) is 3.78. The summed E-state index contributed by atoms with van der Waals surface area (Å²) in [5, 5.41) is 1.93. The van der Waals surface area contributed by atoms with Gasteiger partial charge in [0.25, 0.3) is 0 Å². The lowest BCUT2D eigenvalue weighted by Gasteiger charge is -2.18. The Bertz CT molecular complexity index is 617. The van der Waals surface area contributed by atoms with Crippen LogP contribution in [0.25, 0.3) is 0 Å². The van der Waals surface area contributed by atoms with Crippen LogP contribution in [0.4, 0.5) is 5.69 Å². The number of hydrogen-bond acceptors (Lipinski definition) is 3. The van der Waals surface area contributed by atoms with E-state index in [4.69, 9.17) is 10.5 Å². The number of carbonyl (C=O) groups excluding carboxylic acids is 1. The van der Waals surface area contributed by atoms with Crippen molar-refractivity contribution in [2.75, 3.05) is 19.4 Å². The Labute approximate surface area is 132 Å². The average molecular weight is 350 g/mol. The highest BCUT2D eigenvalue weighted by Gasteiger charge is 2.21. The summed E-state index contributed by atoms with van der Waals surface area (Å²) >= 11 is 3.47. The fourth-order valence-corrected chi connectivity index (χ4v) is 2.59. The first-order valence-electron chi connectivity index (χ1n) is 6.62. The van der Waals surface area contributed by atoms with E-state index < -0.39 is 0 Å². The van der Waals surface area contributed by atoms with Crippen LogP contribution in [-0.2, 0) is 9.53 Å². The Kier molecular flexibility index (Phi) is 5.36. The maximum absolute atomic E-state index is 11.4. The molecule has 0 amide bonds. The molecule has 0 saturated carbocycles. The molecule has 2 aromatic carbocycles. The zero-order valence-electron chi connectivity index (χ0n) is 11.8. The van der Waals surface area contributed by atoms with E-state index in [9.17, 15) is 4.79 Å². The predicted octanol–water partition coefficient (Wildman–Crippen LogP) is 1.86. The lowest BCUT2D eigenvalue weighted by Crippen LogP contribution is -2.87. The Morgan fingerprint density at radius 1 is 1.29 bits per heavy atom. The summed E-state index contributed by atoms with van der Waals surface area (Å²) in [6.07, 6.45) is 0. The monoisotopic (exact) mass is 349 g/mol. The minimum atomic E-state index is -0.260. The van der Waals surface area contributed by atoms with Gasteiger partial charge in [-0.15, -0.1) is 0 Å². The predicted molar refractivity (Wildman–Crippen MR) is 85.6 cm³/mol. The van der Waals surface area contributed by atoms with Crippen molar-refractivity contribution in [3.8, 4) is 0 Å². The quantitative estimate of drug-likeness (QED) is 0.639. The van der Waals surface area contributed by atoms with Gasteiger partial charge in [-0.05, 0) is 18.2 Å². The van der Waals surface area contributed by atoms with Crippen LogP contribution in [0.2, 0.25) is 0 Å². The first kappa shape index (κ1) is 15.5. The minimum absolute atomic E-state index is 0.0530. The Morgan fingerprint density at radius 3 is 2.67 bits per heavy atom. The van der Waals surface area contributed by atoms with Gasteiger partial charge in [-0.3, -0.25) is 0 Å². The molecule has 0 radical (unpaired) electrons. The molecule has 0 spiro atoms. The lowest BCUT2D eigenvalue weighted by atomic mass is 9.97. The average Bonchev–Trinajstić information content (AvgIpc) is 2.51. The molecule has 0 heterocycles. The molecule has 0 aromatic heterocycles. The topological polar surface area (TPSA) is 68.9 Å². The van der Waals surface area contributed by atoms with Crippen LogP contribution in [0.5, 0.6) is 0 Å². The van der Waals surface area contributed by atoms with Crippen molar-refractivity contribution in [2.45, 2.75) is 6.04 Å². The van der Waals surface area contributed by atoms with E-state index in [1.807, 2.05) is 53.8 Å². The summed E-state index contributed by atoms with van der Waals surface area (Å²) in [6, 6.07) is 15.7. The van der Waals surface area contributed by atoms with E-state index in [2.05, 4.69) is 15.9 Å². The van der Waals surface area contributed by atoms with Gasteiger partial charge in [-0.25, -0.2) is 4.79 Å². The van der Waals surface area contributed by atoms with E-state index in [1.165, 1.54) is 7.11 Å². The molecule has 1 atom stereocenters. The van der Waals surface area contributed by atoms with Crippen LogP contribution in [0.15, 0.2) is 53.0 Å².